The van der Waals surface area contributed by atoms with Crippen LogP contribution in [0.15, 0.2) is 0 Å². The topological polar surface area (TPSA) is 15.3 Å². The van der Waals surface area contributed by atoms with Crippen LogP contribution in [0.4, 0.5) is 0 Å². The van der Waals surface area contributed by atoms with Gasteiger partial charge in [-0.3, -0.25) is 4.90 Å². The van der Waals surface area contributed by atoms with Crippen molar-refractivity contribution in [3.8, 4) is 0 Å². The maximum atomic E-state index is 3.72. The molecular formula is C16H32N2. The summed E-state index contributed by atoms with van der Waals surface area (Å²) >= 11 is 0. The molecule has 1 saturated carbocycles. The summed E-state index contributed by atoms with van der Waals surface area (Å²) in [5.74, 6) is 1.82. The highest BCUT2D eigenvalue weighted by molar-refractivity contribution is 4.92. The minimum absolute atomic E-state index is 0.720. The monoisotopic (exact) mass is 252 g/mol. The molecule has 106 valence electrons. The second-order valence-corrected chi connectivity index (χ2v) is 6.74. The number of nitrogens with one attached hydrogen (secondary N) is 1. The van der Waals surface area contributed by atoms with E-state index in [0.717, 1.165) is 30.0 Å². The molecule has 1 saturated heterocycles. The number of hydrogen-bond acceptors (Lipinski definition) is 2. The van der Waals surface area contributed by atoms with Crippen molar-refractivity contribution in [2.24, 2.45) is 11.8 Å². The SMILES string of the molecule is CCC1CN(C2CC(C)CCC2C)C(CC)CN1. The van der Waals surface area contributed by atoms with Crippen molar-refractivity contribution in [3.63, 3.8) is 0 Å². The molecule has 2 heteroatoms. The van der Waals surface area contributed by atoms with Gasteiger partial charge in [0.1, 0.15) is 0 Å². The maximum Gasteiger partial charge on any atom is 0.0221 e. The standard InChI is InChI=1S/C16H32N2/c1-5-14-11-18(15(6-2)10-17-14)16-9-12(3)7-8-13(16)4/h12-17H,5-11H2,1-4H3. The third-order valence-corrected chi connectivity index (χ3v) is 5.35. The second-order valence-electron chi connectivity index (χ2n) is 6.74. The molecule has 0 radical (unpaired) electrons. The van der Waals surface area contributed by atoms with E-state index in [1.807, 2.05) is 0 Å². The summed E-state index contributed by atoms with van der Waals surface area (Å²) in [6.45, 7) is 12.1. The van der Waals surface area contributed by atoms with Crippen molar-refractivity contribution in [1.82, 2.24) is 10.2 Å². The van der Waals surface area contributed by atoms with E-state index in [0.29, 0.717) is 0 Å². The van der Waals surface area contributed by atoms with Crippen molar-refractivity contribution < 1.29 is 0 Å². The van der Waals surface area contributed by atoms with Crippen LogP contribution in [-0.4, -0.2) is 36.1 Å². The second kappa shape index (κ2) is 6.38. The third kappa shape index (κ3) is 3.08. The molecule has 0 aromatic heterocycles. The fourth-order valence-electron chi connectivity index (χ4n) is 3.91. The molecule has 2 fully saturated rings. The zero-order chi connectivity index (χ0) is 13.1. The van der Waals surface area contributed by atoms with E-state index >= 15 is 0 Å². The van der Waals surface area contributed by atoms with Crippen molar-refractivity contribution in [1.29, 1.82) is 0 Å². The Morgan fingerprint density at radius 2 is 1.89 bits per heavy atom. The lowest BCUT2D eigenvalue weighted by molar-refractivity contribution is 0.0214. The lowest BCUT2D eigenvalue weighted by Gasteiger charge is -2.49. The largest absolute Gasteiger partial charge is 0.311 e. The summed E-state index contributed by atoms with van der Waals surface area (Å²) < 4.78 is 0. The Labute approximate surface area is 114 Å². The quantitative estimate of drug-likeness (QED) is 0.829. The predicted octanol–water partition coefficient (Wildman–Crippen LogP) is 3.27. The van der Waals surface area contributed by atoms with E-state index in [9.17, 15) is 0 Å². The first-order valence-electron chi connectivity index (χ1n) is 8.14. The van der Waals surface area contributed by atoms with Gasteiger partial charge in [-0.05, 0) is 37.5 Å². The molecule has 5 atom stereocenters. The average Bonchev–Trinajstić information content (AvgIpc) is 2.40. The molecule has 5 unspecified atom stereocenters. The van der Waals surface area contributed by atoms with E-state index in [-0.39, 0.29) is 0 Å². The molecule has 0 aromatic carbocycles. The lowest BCUT2D eigenvalue weighted by Crippen LogP contribution is -2.61. The molecule has 0 bridgehead atoms. The van der Waals surface area contributed by atoms with Gasteiger partial charge >= 0.3 is 0 Å². The van der Waals surface area contributed by atoms with E-state index in [1.165, 1.54) is 45.2 Å². The first kappa shape index (κ1) is 14.3. The smallest absolute Gasteiger partial charge is 0.0221 e. The fraction of sp³-hybridized carbons (Fsp3) is 1.00. The summed E-state index contributed by atoms with van der Waals surface area (Å²) in [4.78, 5) is 2.87. The third-order valence-electron chi connectivity index (χ3n) is 5.35. The minimum Gasteiger partial charge on any atom is -0.311 e. The number of nitrogens with zero attached hydrogens (tertiary/aromatic N) is 1. The average molecular weight is 252 g/mol. The number of rotatable bonds is 3. The molecule has 1 N–H and O–H groups in total. The van der Waals surface area contributed by atoms with Gasteiger partial charge in [-0.25, -0.2) is 0 Å². The van der Waals surface area contributed by atoms with E-state index in [2.05, 4.69) is 37.9 Å². The van der Waals surface area contributed by atoms with Gasteiger partial charge in [0.25, 0.3) is 0 Å². The van der Waals surface area contributed by atoms with Crippen LogP contribution in [0.5, 0.6) is 0 Å². The normalized spacial score (nSPS) is 43.0. The van der Waals surface area contributed by atoms with Crippen molar-refractivity contribution in [2.45, 2.75) is 77.9 Å². The van der Waals surface area contributed by atoms with E-state index in [4.69, 9.17) is 0 Å². The van der Waals surface area contributed by atoms with Crippen LogP contribution < -0.4 is 5.32 Å². The predicted molar refractivity (Wildman–Crippen MR) is 78.8 cm³/mol. The first-order chi connectivity index (χ1) is 8.65. The van der Waals surface area contributed by atoms with Crippen LogP contribution in [0.3, 0.4) is 0 Å². The molecule has 2 nitrogen and oxygen atoms in total. The Morgan fingerprint density at radius 3 is 2.56 bits per heavy atom. The molecule has 0 amide bonds. The first-order valence-corrected chi connectivity index (χ1v) is 8.14. The summed E-state index contributed by atoms with van der Waals surface area (Å²) in [5, 5.41) is 3.72. The van der Waals surface area contributed by atoms with E-state index < -0.39 is 0 Å². The van der Waals surface area contributed by atoms with Crippen LogP contribution in [0.25, 0.3) is 0 Å². The van der Waals surface area contributed by atoms with Crippen molar-refractivity contribution >= 4 is 0 Å². The molecule has 0 aromatic rings. The summed E-state index contributed by atoms with van der Waals surface area (Å²) in [6, 6.07) is 2.33. The Kier molecular flexibility index (Phi) is 5.08. The summed E-state index contributed by atoms with van der Waals surface area (Å²) in [6.07, 6.45) is 6.86. The molecule has 1 aliphatic heterocycles. The summed E-state index contributed by atoms with van der Waals surface area (Å²) in [7, 11) is 0. The van der Waals surface area contributed by atoms with Crippen LogP contribution in [0.1, 0.15) is 59.8 Å². The number of hydrogen-bond donors (Lipinski definition) is 1. The van der Waals surface area contributed by atoms with Crippen LogP contribution >= 0.6 is 0 Å². The molecule has 1 aliphatic carbocycles. The van der Waals surface area contributed by atoms with Gasteiger partial charge in [-0.1, -0.05) is 34.1 Å². The molecular weight excluding hydrogens is 220 g/mol. The van der Waals surface area contributed by atoms with Gasteiger partial charge in [-0.15, -0.1) is 0 Å². The minimum atomic E-state index is 0.720. The fourth-order valence-corrected chi connectivity index (χ4v) is 3.91. The Hall–Kier alpha value is -0.0800. The van der Waals surface area contributed by atoms with Crippen molar-refractivity contribution in [2.75, 3.05) is 13.1 Å². The van der Waals surface area contributed by atoms with Crippen LogP contribution in [0, 0.1) is 11.8 Å². The van der Waals surface area contributed by atoms with Gasteiger partial charge in [0, 0.05) is 31.2 Å². The molecule has 0 spiro atoms. The van der Waals surface area contributed by atoms with Gasteiger partial charge < -0.3 is 5.32 Å². The highest BCUT2D eigenvalue weighted by atomic mass is 15.3. The Balaban J connectivity index is 2.06. The van der Waals surface area contributed by atoms with Gasteiger partial charge in [0.05, 0.1) is 0 Å². The van der Waals surface area contributed by atoms with Crippen molar-refractivity contribution in [3.05, 3.63) is 0 Å². The van der Waals surface area contributed by atoms with Gasteiger partial charge in [-0.2, -0.15) is 0 Å². The molecule has 2 aliphatic rings. The molecule has 1 heterocycles. The van der Waals surface area contributed by atoms with Gasteiger partial charge in [0.15, 0.2) is 0 Å². The molecule has 2 rings (SSSR count). The Bertz CT molecular complexity index is 253. The maximum absolute atomic E-state index is 3.72. The highest BCUT2D eigenvalue weighted by Crippen LogP contribution is 2.34. The van der Waals surface area contributed by atoms with Gasteiger partial charge in [0.2, 0.25) is 0 Å². The zero-order valence-corrected chi connectivity index (χ0v) is 12.8. The van der Waals surface area contributed by atoms with Crippen LogP contribution in [0.2, 0.25) is 0 Å². The van der Waals surface area contributed by atoms with E-state index in [1.54, 1.807) is 0 Å². The number of piperazine rings is 1. The Morgan fingerprint density at radius 1 is 1.11 bits per heavy atom. The zero-order valence-electron chi connectivity index (χ0n) is 12.8. The van der Waals surface area contributed by atoms with Crippen LogP contribution in [-0.2, 0) is 0 Å². The summed E-state index contributed by atoms with van der Waals surface area (Å²) in [5.41, 5.74) is 0. The highest BCUT2D eigenvalue weighted by Gasteiger charge is 2.36. The lowest BCUT2D eigenvalue weighted by atomic mass is 9.78. The molecule has 18 heavy (non-hydrogen) atoms.